The van der Waals surface area contributed by atoms with Crippen molar-refractivity contribution in [2.75, 3.05) is 27.4 Å². The Morgan fingerprint density at radius 1 is 1.33 bits per heavy atom. The van der Waals surface area contributed by atoms with E-state index in [1.165, 1.54) is 7.11 Å². The third-order valence-electron chi connectivity index (χ3n) is 2.71. The third-order valence-corrected chi connectivity index (χ3v) is 3.21. The van der Waals surface area contributed by atoms with E-state index in [0.29, 0.717) is 35.5 Å². The number of carbonyl (C=O) groups is 1. The van der Waals surface area contributed by atoms with E-state index in [1.54, 1.807) is 26.2 Å². The SMILES string of the molecule is COCCNCc1cc(Cl)cc(Cl)c1OC(C)C(=O)OC. The Labute approximate surface area is 134 Å². The van der Waals surface area contributed by atoms with Crippen molar-refractivity contribution in [1.82, 2.24) is 5.32 Å². The van der Waals surface area contributed by atoms with Gasteiger partial charge in [-0.25, -0.2) is 4.79 Å². The summed E-state index contributed by atoms with van der Waals surface area (Å²) in [6.45, 7) is 3.35. The Morgan fingerprint density at radius 3 is 2.67 bits per heavy atom. The summed E-state index contributed by atoms with van der Waals surface area (Å²) in [6.07, 6.45) is -0.758. The fourth-order valence-corrected chi connectivity index (χ4v) is 2.25. The standard InChI is InChI=1S/C14H19Cl2NO4/c1-9(14(18)20-3)21-13-10(8-17-4-5-19-2)6-11(15)7-12(13)16/h6-7,9,17H,4-5,8H2,1-3H3. The first-order valence-corrected chi connectivity index (χ1v) is 7.17. The highest BCUT2D eigenvalue weighted by Gasteiger charge is 2.19. The molecule has 7 heteroatoms. The van der Waals surface area contributed by atoms with Crippen LogP contribution < -0.4 is 10.1 Å². The van der Waals surface area contributed by atoms with E-state index < -0.39 is 12.1 Å². The zero-order valence-corrected chi connectivity index (χ0v) is 13.8. The normalized spacial score (nSPS) is 12.0. The molecular formula is C14H19Cl2NO4. The fraction of sp³-hybridized carbons (Fsp3) is 0.500. The Balaban J connectivity index is 2.87. The molecule has 21 heavy (non-hydrogen) atoms. The highest BCUT2D eigenvalue weighted by Crippen LogP contribution is 2.33. The second-order valence-corrected chi connectivity index (χ2v) is 5.17. The van der Waals surface area contributed by atoms with Gasteiger partial charge in [-0.15, -0.1) is 0 Å². The highest BCUT2D eigenvalue weighted by molar-refractivity contribution is 6.35. The maximum atomic E-state index is 11.5. The molecule has 0 heterocycles. The lowest BCUT2D eigenvalue weighted by molar-refractivity contribution is -0.147. The molecular weight excluding hydrogens is 317 g/mol. The van der Waals surface area contributed by atoms with Gasteiger partial charge in [-0.3, -0.25) is 0 Å². The van der Waals surface area contributed by atoms with E-state index in [1.807, 2.05) is 0 Å². The summed E-state index contributed by atoms with van der Waals surface area (Å²) in [4.78, 5) is 11.5. The van der Waals surface area contributed by atoms with Crippen LogP contribution >= 0.6 is 23.2 Å². The molecule has 0 bridgehead atoms. The van der Waals surface area contributed by atoms with Crippen molar-refractivity contribution in [3.05, 3.63) is 27.7 Å². The molecule has 0 amide bonds. The molecule has 1 rings (SSSR count). The summed E-state index contributed by atoms with van der Waals surface area (Å²) < 4.78 is 15.2. The molecule has 0 aromatic heterocycles. The van der Waals surface area contributed by atoms with Crippen LogP contribution in [0.4, 0.5) is 0 Å². The first-order chi connectivity index (χ1) is 9.99. The smallest absolute Gasteiger partial charge is 0.346 e. The zero-order chi connectivity index (χ0) is 15.8. The van der Waals surface area contributed by atoms with Crippen molar-refractivity contribution >= 4 is 29.2 Å². The molecule has 0 aliphatic carbocycles. The van der Waals surface area contributed by atoms with Gasteiger partial charge < -0.3 is 19.5 Å². The van der Waals surface area contributed by atoms with E-state index >= 15 is 0 Å². The van der Waals surface area contributed by atoms with Gasteiger partial charge in [0.05, 0.1) is 18.7 Å². The lowest BCUT2D eigenvalue weighted by Gasteiger charge is -2.18. The van der Waals surface area contributed by atoms with Crippen LogP contribution in [-0.4, -0.2) is 39.4 Å². The number of halogens is 2. The second kappa shape index (κ2) is 9.10. The van der Waals surface area contributed by atoms with Crippen LogP contribution in [0.15, 0.2) is 12.1 Å². The van der Waals surface area contributed by atoms with Gasteiger partial charge in [0.25, 0.3) is 0 Å². The largest absolute Gasteiger partial charge is 0.477 e. The first kappa shape index (κ1) is 18.0. The highest BCUT2D eigenvalue weighted by atomic mass is 35.5. The van der Waals surface area contributed by atoms with Crippen LogP contribution in [-0.2, 0) is 20.8 Å². The van der Waals surface area contributed by atoms with E-state index in [2.05, 4.69) is 10.1 Å². The van der Waals surface area contributed by atoms with Crippen LogP contribution in [0.5, 0.6) is 5.75 Å². The predicted octanol–water partition coefficient (Wildman–Crippen LogP) is 2.67. The third kappa shape index (κ3) is 5.71. The Hall–Kier alpha value is -1.01. The van der Waals surface area contributed by atoms with E-state index in [4.69, 9.17) is 32.7 Å². The average Bonchev–Trinajstić information content (AvgIpc) is 2.45. The molecule has 0 saturated heterocycles. The Kier molecular flexibility index (Phi) is 7.82. The van der Waals surface area contributed by atoms with Gasteiger partial charge in [-0.05, 0) is 19.1 Å². The number of ether oxygens (including phenoxy) is 3. The van der Waals surface area contributed by atoms with Gasteiger partial charge in [-0.2, -0.15) is 0 Å². The lowest BCUT2D eigenvalue weighted by Crippen LogP contribution is -2.26. The average molecular weight is 336 g/mol. The van der Waals surface area contributed by atoms with Gasteiger partial charge in [0.15, 0.2) is 6.10 Å². The quantitative estimate of drug-likeness (QED) is 0.584. The minimum absolute atomic E-state index is 0.349. The number of rotatable bonds is 8. The zero-order valence-electron chi connectivity index (χ0n) is 12.2. The molecule has 1 N–H and O–H groups in total. The molecule has 1 atom stereocenters. The number of hydrogen-bond acceptors (Lipinski definition) is 5. The maximum Gasteiger partial charge on any atom is 0.346 e. The molecule has 0 aliphatic heterocycles. The van der Waals surface area contributed by atoms with Gasteiger partial charge in [0, 0.05) is 30.8 Å². The monoisotopic (exact) mass is 335 g/mol. The van der Waals surface area contributed by atoms with Crippen molar-refractivity contribution in [2.45, 2.75) is 19.6 Å². The predicted molar refractivity (Wildman–Crippen MR) is 82.2 cm³/mol. The van der Waals surface area contributed by atoms with Gasteiger partial charge in [-0.1, -0.05) is 23.2 Å². The molecule has 5 nitrogen and oxygen atoms in total. The molecule has 0 radical (unpaired) electrons. The summed E-state index contributed by atoms with van der Waals surface area (Å²) in [5.41, 5.74) is 0.763. The molecule has 0 aliphatic rings. The summed E-state index contributed by atoms with van der Waals surface area (Å²) in [6, 6.07) is 3.31. The van der Waals surface area contributed by atoms with Crippen molar-refractivity contribution in [2.24, 2.45) is 0 Å². The topological polar surface area (TPSA) is 56.8 Å². The number of carbonyl (C=O) groups excluding carboxylic acids is 1. The number of methoxy groups -OCH3 is 2. The van der Waals surface area contributed by atoms with Crippen molar-refractivity contribution in [3.63, 3.8) is 0 Å². The summed E-state index contributed by atoms with van der Waals surface area (Å²) in [5, 5.41) is 4.03. The van der Waals surface area contributed by atoms with Crippen LogP contribution in [0.3, 0.4) is 0 Å². The minimum Gasteiger partial charge on any atom is -0.477 e. The number of esters is 1. The van der Waals surface area contributed by atoms with Gasteiger partial charge >= 0.3 is 5.97 Å². The fourth-order valence-electron chi connectivity index (χ4n) is 1.67. The van der Waals surface area contributed by atoms with E-state index in [9.17, 15) is 4.79 Å². The molecule has 0 spiro atoms. The summed E-state index contributed by atoms with van der Waals surface area (Å²) >= 11 is 12.2. The van der Waals surface area contributed by atoms with Gasteiger partial charge in [0.2, 0.25) is 0 Å². The van der Waals surface area contributed by atoms with Crippen LogP contribution in [0.25, 0.3) is 0 Å². The van der Waals surface area contributed by atoms with E-state index in [-0.39, 0.29) is 0 Å². The van der Waals surface area contributed by atoms with Crippen molar-refractivity contribution in [1.29, 1.82) is 0 Å². The van der Waals surface area contributed by atoms with Crippen molar-refractivity contribution in [3.8, 4) is 5.75 Å². The second-order valence-electron chi connectivity index (χ2n) is 4.33. The Bertz CT molecular complexity index is 482. The molecule has 1 aromatic carbocycles. The lowest BCUT2D eigenvalue weighted by atomic mass is 10.2. The summed E-state index contributed by atoms with van der Waals surface area (Å²) in [7, 11) is 2.93. The van der Waals surface area contributed by atoms with Crippen molar-refractivity contribution < 1.29 is 19.0 Å². The minimum atomic E-state index is -0.758. The molecule has 0 saturated carbocycles. The summed E-state index contributed by atoms with van der Waals surface area (Å²) in [5.74, 6) is -0.0526. The number of nitrogens with one attached hydrogen (secondary N) is 1. The van der Waals surface area contributed by atoms with E-state index in [0.717, 1.165) is 5.56 Å². The molecule has 1 unspecified atom stereocenters. The molecule has 0 fully saturated rings. The molecule has 118 valence electrons. The Morgan fingerprint density at radius 2 is 2.05 bits per heavy atom. The van der Waals surface area contributed by atoms with Crippen LogP contribution in [0, 0.1) is 0 Å². The maximum absolute atomic E-state index is 11.5. The van der Waals surface area contributed by atoms with Crippen LogP contribution in [0.1, 0.15) is 12.5 Å². The first-order valence-electron chi connectivity index (χ1n) is 6.41. The molecule has 1 aromatic rings. The number of hydrogen-bond donors (Lipinski definition) is 1. The van der Waals surface area contributed by atoms with Crippen LogP contribution in [0.2, 0.25) is 10.0 Å². The number of benzene rings is 1. The van der Waals surface area contributed by atoms with Gasteiger partial charge in [0.1, 0.15) is 5.75 Å².